The molecule has 0 spiro atoms. The Morgan fingerprint density at radius 1 is 1.50 bits per heavy atom. The maximum atomic E-state index is 11.9. The van der Waals surface area contributed by atoms with Crippen molar-refractivity contribution in [2.24, 2.45) is 0 Å². The maximum Gasteiger partial charge on any atom is 0.435 e. The number of aryl methyl sites for hydroxylation is 1. The van der Waals surface area contributed by atoms with Gasteiger partial charge < -0.3 is 4.74 Å². The molecule has 106 valence electrons. The lowest BCUT2D eigenvalue weighted by molar-refractivity contribution is -0.384. The van der Waals surface area contributed by atoms with E-state index in [1.54, 1.807) is 6.92 Å². The summed E-state index contributed by atoms with van der Waals surface area (Å²) in [6.45, 7) is 4.03. The zero-order valence-corrected chi connectivity index (χ0v) is 11.3. The topological polar surface area (TPSA) is 87.3 Å². The van der Waals surface area contributed by atoms with Crippen LogP contribution in [-0.4, -0.2) is 27.4 Å². The molecule has 7 heteroatoms. The third-order valence-corrected chi connectivity index (χ3v) is 2.96. The van der Waals surface area contributed by atoms with Gasteiger partial charge in [-0.05, 0) is 19.4 Å². The number of carbonyl (C=O) groups excluding carboxylic acids is 1. The normalized spacial score (nSPS) is 10.7. The summed E-state index contributed by atoms with van der Waals surface area (Å²) < 4.78 is 6.24. The Hall–Kier alpha value is -2.44. The lowest BCUT2D eigenvalue weighted by Crippen LogP contribution is -2.15. The van der Waals surface area contributed by atoms with E-state index in [-0.39, 0.29) is 5.69 Å². The number of benzene rings is 1. The quantitative estimate of drug-likeness (QED) is 0.487. The first-order valence-electron chi connectivity index (χ1n) is 6.35. The molecule has 0 saturated carbocycles. The molecule has 0 amide bonds. The van der Waals surface area contributed by atoms with Crippen molar-refractivity contribution < 1.29 is 14.5 Å². The number of nitro groups is 1. The van der Waals surface area contributed by atoms with Crippen LogP contribution in [0.1, 0.15) is 25.5 Å². The minimum absolute atomic E-state index is 0.0282. The molecular formula is C13H15N3O4. The first kappa shape index (κ1) is 14.0. The smallest absolute Gasteiger partial charge is 0.435 e. The summed E-state index contributed by atoms with van der Waals surface area (Å²) in [5, 5.41) is 15.4. The van der Waals surface area contributed by atoms with Crippen LogP contribution in [0.25, 0.3) is 10.9 Å². The van der Waals surface area contributed by atoms with Gasteiger partial charge in [-0.25, -0.2) is 4.79 Å². The molecule has 0 aliphatic heterocycles. The van der Waals surface area contributed by atoms with Gasteiger partial charge >= 0.3 is 6.09 Å². The van der Waals surface area contributed by atoms with Gasteiger partial charge in [-0.3, -0.25) is 10.1 Å². The average molecular weight is 277 g/mol. The number of hydrogen-bond acceptors (Lipinski definition) is 5. The first-order chi connectivity index (χ1) is 9.54. The minimum Gasteiger partial charge on any atom is -0.448 e. The fourth-order valence-electron chi connectivity index (χ4n) is 1.87. The fraction of sp³-hybridized carbons (Fsp3) is 0.385. The standard InChI is InChI=1S/C13H15N3O4/c1-3-4-7-20-13(17)15-12-6-5-10(16(18)19)8-11(12)9(2)14-15/h5-6,8H,3-4,7H2,1-2H3. The van der Waals surface area contributed by atoms with Crippen molar-refractivity contribution in [1.29, 1.82) is 0 Å². The molecule has 0 radical (unpaired) electrons. The summed E-state index contributed by atoms with van der Waals surface area (Å²) in [4.78, 5) is 22.2. The van der Waals surface area contributed by atoms with Crippen LogP contribution >= 0.6 is 0 Å². The molecule has 0 aliphatic rings. The molecule has 0 saturated heterocycles. The van der Waals surface area contributed by atoms with Crippen molar-refractivity contribution in [2.75, 3.05) is 6.61 Å². The highest BCUT2D eigenvalue weighted by Gasteiger charge is 2.17. The lowest BCUT2D eigenvalue weighted by Gasteiger charge is -2.04. The highest BCUT2D eigenvalue weighted by atomic mass is 16.6. The Kier molecular flexibility index (Phi) is 3.97. The van der Waals surface area contributed by atoms with Gasteiger partial charge in [-0.15, -0.1) is 0 Å². The highest BCUT2D eigenvalue weighted by molar-refractivity contribution is 5.90. The summed E-state index contributed by atoms with van der Waals surface area (Å²) >= 11 is 0. The van der Waals surface area contributed by atoms with Crippen LogP contribution in [0.2, 0.25) is 0 Å². The number of hydrogen-bond donors (Lipinski definition) is 0. The molecule has 0 N–H and O–H groups in total. The van der Waals surface area contributed by atoms with Crippen LogP contribution in [0.15, 0.2) is 18.2 Å². The molecule has 0 unspecified atom stereocenters. The van der Waals surface area contributed by atoms with Crippen molar-refractivity contribution in [3.63, 3.8) is 0 Å². The minimum atomic E-state index is -0.564. The number of rotatable bonds is 4. The van der Waals surface area contributed by atoms with Crippen LogP contribution in [-0.2, 0) is 4.74 Å². The molecule has 1 heterocycles. The first-order valence-corrected chi connectivity index (χ1v) is 6.35. The molecule has 1 aromatic heterocycles. The van der Waals surface area contributed by atoms with E-state index in [0.717, 1.165) is 17.5 Å². The summed E-state index contributed by atoms with van der Waals surface area (Å²) in [5.41, 5.74) is 1.03. The average Bonchev–Trinajstić information content (AvgIpc) is 2.76. The molecule has 20 heavy (non-hydrogen) atoms. The second-order valence-corrected chi connectivity index (χ2v) is 4.42. The zero-order chi connectivity index (χ0) is 14.7. The number of non-ortho nitro benzene ring substituents is 1. The molecule has 0 atom stereocenters. The Balaban J connectivity index is 2.36. The number of ether oxygens (including phenoxy) is 1. The predicted octanol–water partition coefficient (Wildman–Crippen LogP) is 3.04. The largest absolute Gasteiger partial charge is 0.448 e. The van der Waals surface area contributed by atoms with E-state index in [0.29, 0.717) is 23.2 Å². The van der Waals surface area contributed by atoms with E-state index in [4.69, 9.17) is 4.74 Å². The molecule has 0 fully saturated rings. The van der Waals surface area contributed by atoms with Crippen molar-refractivity contribution in [3.05, 3.63) is 34.0 Å². The summed E-state index contributed by atoms with van der Waals surface area (Å²) in [7, 11) is 0. The Morgan fingerprint density at radius 3 is 2.90 bits per heavy atom. The van der Waals surface area contributed by atoms with E-state index in [2.05, 4.69) is 5.10 Å². The predicted molar refractivity (Wildman–Crippen MR) is 72.8 cm³/mol. The van der Waals surface area contributed by atoms with E-state index in [9.17, 15) is 14.9 Å². The van der Waals surface area contributed by atoms with E-state index >= 15 is 0 Å². The van der Waals surface area contributed by atoms with Gasteiger partial charge in [-0.2, -0.15) is 9.78 Å². The molecule has 1 aromatic carbocycles. The van der Waals surface area contributed by atoms with Gasteiger partial charge in [0.15, 0.2) is 0 Å². The number of aromatic nitrogens is 2. The fourth-order valence-corrected chi connectivity index (χ4v) is 1.87. The van der Waals surface area contributed by atoms with Crippen LogP contribution < -0.4 is 0 Å². The molecule has 2 rings (SSSR count). The Labute approximate surface area is 115 Å². The van der Waals surface area contributed by atoms with Gasteiger partial charge in [0.2, 0.25) is 0 Å². The van der Waals surface area contributed by atoms with Crippen LogP contribution in [0.5, 0.6) is 0 Å². The number of carbonyl (C=O) groups is 1. The molecule has 2 aromatic rings. The summed E-state index contributed by atoms with van der Waals surface area (Å²) in [5.74, 6) is 0. The van der Waals surface area contributed by atoms with Crippen LogP contribution in [0.4, 0.5) is 10.5 Å². The summed E-state index contributed by atoms with van der Waals surface area (Å²) in [6.07, 6.45) is 1.15. The maximum absolute atomic E-state index is 11.9. The number of unbranched alkanes of at least 4 members (excludes halogenated alkanes) is 1. The van der Waals surface area contributed by atoms with Crippen molar-refractivity contribution >= 4 is 22.7 Å². The third kappa shape index (κ3) is 2.61. The molecule has 0 bridgehead atoms. The second kappa shape index (κ2) is 5.68. The van der Waals surface area contributed by atoms with E-state index in [1.165, 1.54) is 18.2 Å². The Morgan fingerprint density at radius 2 is 2.25 bits per heavy atom. The number of nitrogens with zero attached hydrogens (tertiary/aromatic N) is 3. The van der Waals surface area contributed by atoms with Crippen molar-refractivity contribution in [1.82, 2.24) is 9.78 Å². The van der Waals surface area contributed by atoms with Gasteiger partial charge in [0.1, 0.15) is 0 Å². The van der Waals surface area contributed by atoms with E-state index in [1.807, 2.05) is 6.92 Å². The molecule has 0 aliphatic carbocycles. The second-order valence-electron chi connectivity index (χ2n) is 4.42. The number of nitro benzene ring substituents is 1. The van der Waals surface area contributed by atoms with Gasteiger partial charge in [-0.1, -0.05) is 13.3 Å². The lowest BCUT2D eigenvalue weighted by atomic mass is 10.2. The van der Waals surface area contributed by atoms with Crippen molar-refractivity contribution in [3.8, 4) is 0 Å². The summed E-state index contributed by atoms with van der Waals surface area (Å²) in [6, 6.07) is 4.27. The monoisotopic (exact) mass is 277 g/mol. The zero-order valence-electron chi connectivity index (χ0n) is 11.3. The highest BCUT2D eigenvalue weighted by Crippen LogP contribution is 2.23. The van der Waals surface area contributed by atoms with Gasteiger partial charge in [0.05, 0.1) is 22.7 Å². The van der Waals surface area contributed by atoms with Crippen molar-refractivity contribution in [2.45, 2.75) is 26.7 Å². The third-order valence-electron chi connectivity index (χ3n) is 2.96. The molecule has 7 nitrogen and oxygen atoms in total. The van der Waals surface area contributed by atoms with Crippen LogP contribution in [0.3, 0.4) is 0 Å². The molecular weight excluding hydrogens is 262 g/mol. The Bertz CT molecular complexity index is 663. The SMILES string of the molecule is CCCCOC(=O)n1nc(C)c2cc([N+](=O)[O-])ccc21. The van der Waals surface area contributed by atoms with E-state index < -0.39 is 11.0 Å². The van der Waals surface area contributed by atoms with Gasteiger partial charge in [0.25, 0.3) is 5.69 Å². The van der Waals surface area contributed by atoms with Gasteiger partial charge in [0, 0.05) is 17.5 Å². The number of fused-ring (bicyclic) bond motifs is 1. The van der Waals surface area contributed by atoms with Crippen LogP contribution in [0, 0.1) is 17.0 Å².